The molecule has 0 aromatic heterocycles. The maximum atomic E-state index is 0. The Hall–Kier alpha value is 4.05. The summed E-state index contributed by atoms with van der Waals surface area (Å²) in [6.07, 6.45) is 0. The van der Waals surface area contributed by atoms with Gasteiger partial charge in [-0.2, -0.15) is 0 Å². The Balaban J connectivity index is 0. The summed E-state index contributed by atoms with van der Waals surface area (Å²) in [5, 5.41) is 0. The van der Waals surface area contributed by atoms with Crippen LogP contribution in [0, 0.1) is 0 Å². The van der Waals surface area contributed by atoms with Gasteiger partial charge in [0.2, 0.25) is 0 Å². The molecule has 0 atom stereocenters. The van der Waals surface area contributed by atoms with E-state index in [0.717, 1.165) is 0 Å². The first-order valence-corrected chi connectivity index (χ1v) is 0. The van der Waals surface area contributed by atoms with Gasteiger partial charge in [0.15, 0.2) is 0 Å². The van der Waals surface area contributed by atoms with E-state index in [-0.39, 0.29) is 172 Å². The summed E-state index contributed by atoms with van der Waals surface area (Å²) in [5.74, 6) is 0. The van der Waals surface area contributed by atoms with E-state index < -0.39 is 0 Å². The minimum Gasteiger partial charge on any atom is -2.00 e. The third-order valence-corrected chi connectivity index (χ3v) is 0. The van der Waals surface area contributed by atoms with Crippen molar-refractivity contribution in [2.75, 3.05) is 0 Å². The Bertz CT molecular complexity index is 22.5. The van der Waals surface area contributed by atoms with Crippen molar-refractivity contribution in [1.29, 1.82) is 0 Å². The summed E-state index contributed by atoms with van der Waals surface area (Å²) in [7, 11) is 0. The first-order chi connectivity index (χ1) is 0. The molecule has 0 aromatic rings. The molecular weight excluding hydrogens is 434 g/mol. The fourth-order valence-corrected chi connectivity index (χ4v) is 0. The topological polar surface area (TPSA) is 200 Å². The third-order valence-electron chi connectivity index (χ3n) is 0. The summed E-state index contributed by atoms with van der Waals surface area (Å²) in [5.41, 5.74) is 0. The van der Waals surface area contributed by atoms with Gasteiger partial charge in [-0.15, -0.1) is 0 Å². The normalized spacial score (nSPS) is 0. The SMILES string of the molecule is [Ge+4].[Ge+4].[Na+].[Na+].[O-2].[O-2].[O-2].[O-2].[O-2].[O-2].[O-2].[Zn+2].[Zn+2]. The van der Waals surface area contributed by atoms with Crippen molar-refractivity contribution in [2.24, 2.45) is 0 Å². The molecule has 0 aromatic carbocycles. The van der Waals surface area contributed by atoms with Gasteiger partial charge in [-0.05, 0) is 0 Å². The van der Waals surface area contributed by atoms with Crippen molar-refractivity contribution < 1.29 is 136 Å². The average Bonchev–Trinajstić information content (AvgIpc) is 0. The standard InChI is InChI=1S/2Ge.2Na.7O.2Zn/q2*+4;2*+1;7*-2;2*+2. The minimum atomic E-state index is 0. The molecule has 13 heavy (non-hydrogen) atoms. The van der Waals surface area contributed by atoms with E-state index in [0.29, 0.717) is 0 Å². The second-order valence-electron chi connectivity index (χ2n) is 0. The quantitative estimate of drug-likeness (QED) is 0.327. The zero-order chi connectivity index (χ0) is 0. The van der Waals surface area contributed by atoms with Crippen molar-refractivity contribution in [1.82, 2.24) is 0 Å². The van der Waals surface area contributed by atoms with Gasteiger partial charge in [0.25, 0.3) is 0 Å². The Morgan fingerprint density at radius 1 is 0.308 bits per heavy atom. The van der Waals surface area contributed by atoms with Crippen molar-refractivity contribution in [2.45, 2.75) is 0 Å². The van der Waals surface area contributed by atoms with Crippen LogP contribution in [0.4, 0.5) is 0 Å². The second kappa shape index (κ2) is 221. The predicted octanol–water partition coefficient (Wildman–Crippen LogP) is -7.59. The molecule has 0 spiro atoms. The van der Waals surface area contributed by atoms with Gasteiger partial charge in [0, 0.05) is 0 Å². The monoisotopic (exact) mass is 434 g/mol. The van der Waals surface area contributed by atoms with E-state index in [1.165, 1.54) is 0 Å². The van der Waals surface area contributed by atoms with E-state index in [1.54, 1.807) is 0 Å². The molecular formula is Ge2Na2O7Zn2. The van der Waals surface area contributed by atoms with Crippen LogP contribution in [0.15, 0.2) is 0 Å². The largest absolute Gasteiger partial charge is 4.00 e. The molecule has 0 saturated heterocycles. The molecule has 0 aliphatic carbocycles. The van der Waals surface area contributed by atoms with Crippen LogP contribution in [0.5, 0.6) is 0 Å². The fraction of sp³-hybridized carbons (Fsp3) is 0. The van der Waals surface area contributed by atoms with Crippen LogP contribution in [0.25, 0.3) is 0 Å². The van der Waals surface area contributed by atoms with Crippen molar-refractivity contribution in [3.05, 3.63) is 0 Å². The maximum absolute atomic E-state index is 0. The van der Waals surface area contributed by atoms with Crippen LogP contribution in [-0.4, -0.2) is 35.2 Å². The molecule has 0 amide bonds. The first-order valence-electron chi connectivity index (χ1n) is 0. The summed E-state index contributed by atoms with van der Waals surface area (Å²) < 4.78 is 0. The van der Waals surface area contributed by atoms with E-state index in [9.17, 15) is 0 Å². The van der Waals surface area contributed by atoms with E-state index in [2.05, 4.69) is 0 Å². The zero-order valence-corrected chi connectivity index (χ0v) is 21.4. The number of hydrogen-bond acceptors (Lipinski definition) is 0. The van der Waals surface area contributed by atoms with Gasteiger partial charge < -0.3 is 38.3 Å². The molecule has 56 valence electrons. The van der Waals surface area contributed by atoms with Gasteiger partial charge in [0.05, 0.1) is 0 Å². The Kier molecular flexibility index (Phi) is 4560. The van der Waals surface area contributed by atoms with Crippen LogP contribution < -0.4 is 59.1 Å². The van der Waals surface area contributed by atoms with E-state index >= 15 is 0 Å². The molecule has 0 fully saturated rings. The summed E-state index contributed by atoms with van der Waals surface area (Å²) >= 11 is 0. The van der Waals surface area contributed by atoms with Crippen molar-refractivity contribution >= 4 is 35.2 Å². The molecule has 0 heterocycles. The Morgan fingerprint density at radius 3 is 0.308 bits per heavy atom. The Morgan fingerprint density at radius 2 is 0.308 bits per heavy atom. The minimum absolute atomic E-state index is 0. The maximum Gasteiger partial charge on any atom is 4.00 e. The summed E-state index contributed by atoms with van der Waals surface area (Å²) in [6, 6.07) is 0. The van der Waals surface area contributed by atoms with E-state index in [1.807, 2.05) is 0 Å². The zero-order valence-electron chi connectivity index (χ0n) is 7.27. The van der Waals surface area contributed by atoms with Crippen LogP contribution in [0.2, 0.25) is 0 Å². The fourth-order valence-electron chi connectivity index (χ4n) is 0. The molecule has 0 N–H and O–H groups in total. The van der Waals surface area contributed by atoms with Gasteiger partial charge in [-0.1, -0.05) is 0 Å². The first kappa shape index (κ1) is 268. The molecule has 0 radical (unpaired) electrons. The predicted molar refractivity (Wildman–Crippen MR) is 16.3 cm³/mol. The van der Waals surface area contributed by atoms with Crippen LogP contribution >= 0.6 is 0 Å². The average molecular weight is 434 g/mol. The van der Waals surface area contributed by atoms with Crippen molar-refractivity contribution in [3.8, 4) is 0 Å². The molecule has 0 unspecified atom stereocenters. The van der Waals surface area contributed by atoms with Gasteiger partial charge in [-0.25, -0.2) is 0 Å². The van der Waals surface area contributed by atoms with Gasteiger partial charge in [-0.3, -0.25) is 0 Å². The molecule has 0 saturated carbocycles. The van der Waals surface area contributed by atoms with Gasteiger partial charge >= 0.3 is 133 Å². The van der Waals surface area contributed by atoms with Crippen LogP contribution in [0.1, 0.15) is 0 Å². The molecule has 7 nitrogen and oxygen atoms in total. The molecule has 0 bridgehead atoms. The second-order valence-corrected chi connectivity index (χ2v) is 0. The Labute approximate surface area is 169 Å². The van der Waals surface area contributed by atoms with Gasteiger partial charge in [0.1, 0.15) is 0 Å². The molecule has 0 aliphatic rings. The molecule has 0 aliphatic heterocycles. The number of hydrogen-bond donors (Lipinski definition) is 0. The molecule has 0 rings (SSSR count). The smallest absolute Gasteiger partial charge is 2.00 e. The third kappa shape index (κ3) is 193. The van der Waals surface area contributed by atoms with Crippen LogP contribution in [0.3, 0.4) is 0 Å². The summed E-state index contributed by atoms with van der Waals surface area (Å²) in [4.78, 5) is 0. The van der Waals surface area contributed by atoms with Crippen LogP contribution in [-0.2, 0) is 77.3 Å². The number of rotatable bonds is 0. The molecule has 13 heteroatoms. The van der Waals surface area contributed by atoms with E-state index in [4.69, 9.17) is 0 Å². The summed E-state index contributed by atoms with van der Waals surface area (Å²) in [6.45, 7) is 0. The van der Waals surface area contributed by atoms with Crippen molar-refractivity contribution in [3.63, 3.8) is 0 Å².